The maximum absolute atomic E-state index is 12.1. The van der Waals surface area contributed by atoms with E-state index in [-0.39, 0.29) is 12.1 Å². The molecule has 4 nitrogen and oxygen atoms in total. The number of piperidine rings is 1. The number of amides is 1. The summed E-state index contributed by atoms with van der Waals surface area (Å²) in [4.78, 5) is 13.8. The van der Waals surface area contributed by atoms with E-state index in [0.717, 1.165) is 19.3 Å². The van der Waals surface area contributed by atoms with Crippen LogP contribution in [0.5, 0.6) is 0 Å². The highest BCUT2D eigenvalue weighted by Crippen LogP contribution is 2.24. The first-order valence-electron chi connectivity index (χ1n) is 6.07. The molecule has 0 aromatic carbocycles. The molecule has 0 spiro atoms. The monoisotopic (exact) mass is 241 g/mol. The largest absolute Gasteiger partial charge is 0.500 e. The number of methoxy groups -OCH3 is 1. The van der Waals surface area contributed by atoms with Crippen LogP contribution < -0.4 is 0 Å². The van der Waals surface area contributed by atoms with Crippen molar-refractivity contribution in [1.29, 1.82) is 0 Å². The van der Waals surface area contributed by atoms with Gasteiger partial charge in [0.1, 0.15) is 11.4 Å². The molecule has 1 fully saturated rings. The molecule has 98 valence electrons. The Hall–Kier alpha value is -1.19. The van der Waals surface area contributed by atoms with Gasteiger partial charge < -0.3 is 9.47 Å². The van der Waals surface area contributed by atoms with Crippen LogP contribution in [0, 0.1) is 0 Å². The molecule has 0 saturated carbocycles. The summed E-state index contributed by atoms with van der Waals surface area (Å²) >= 11 is 0. The Morgan fingerprint density at radius 2 is 2.00 bits per heavy atom. The SMILES string of the molecule is C=C(OC)[C@@H]1CCCCN1C(=O)OC(C)(C)C. The van der Waals surface area contributed by atoms with Crippen molar-refractivity contribution in [2.75, 3.05) is 13.7 Å². The number of hydrogen-bond acceptors (Lipinski definition) is 3. The maximum Gasteiger partial charge on any atom is 0.410 e. The van der Waals surface area contributed by atoms with Gasteiger partial charge in [0, 0.05) is 6.54 Å². The van der Waals surface area contributed by atoms with Gasteiger partial charge in [-0.05, 0) is 40.0 Å². The third kappa shape index (κ3) is 3.95. The zero-order valence-corrected chi connectivity index (χ0v) is 11.3. The molecule has 1 atom stereocenters. The normalized spacial score (nSPS) is 20.9. The first-order chi connectivity index (χ1) is 7.85. The van der Waals surface area contributed by atoms with Gasteiger partial charge in [-0.2, -0.15) is 0 Å². The van der Waals surface area contributed by atoms with Crippen molar-refractivity contribution < 1.29 is 14.3 Å². The van der Waals surface area contributed by atoms with Crippen molar-refractivity contribution in [2.24, 2.45) is 0 Å². The number of likely N-dealkylation sites (tertiary alicyclic amines) is 1. The van der Waals surface area contributed by atoms with Crippen molar-refractivity contribution in [3.8, 4) is 0 Å². The second-order valence-corrected chi connectivity index (χ2v) is 5.36. The minimum absolute atomic E-state index is 0.0522. The van der Waals surface area contributed by atoms with Crippen LogP contribution in [0.3, 0.4) is 0 Å². The Labute approximate surface area is 104 Å². The number of nitrogens with zero attached hydrogens (tertiary/aromatic N) is 1. The predicted octanol–water partition coefficient (Wildman–Crippen LogP) is 2.94. The van der Waals surface area contributed by atoms with Crippen molar-refractivity contribution >= 4 is 6.09 Å². The van der Waals surface area contributed by atoms with Gasteiger partial charge in [0.15, 0.2) is 0 Å². The lowest BCUT2D eigenvalue weighted by Gasteiger charge is -2.36. The lowest BCUT2D eigenvalue weighted by molar-refractivity contribution is 0.00812. The van der Waals surface area contributed by atoms with Gasteiger partial charge in [0.2, 0.25) is 0 Å². The molecule has 4 heteroatoms. The van der Waals surface area contributed by atoms with Gasteiger partial charge in [0.05, 0.1) is 13.2 Å². The molecular formula is C13H23NO3. The average Bonchev–Trinajstić information content (AvgIpc) is 2.25. The molecule has 1 aliphatic rings. The summed E-state index contributed by atoms with van der Waals surface area (Å²) in [5.41, 5.74) is -0.465. The summed E-state index contributed by atoms with van der Waals surface area (Å²) in [6.07, 6.45) is 2.71. The van der Waals surface area contributed by atoms with Crippen LogP contribution in [0.15, 0.2) is 12.3 Å². The quantitative estimate of drug-likeness (QED) is 0.698. The highest BCUT2D eigenvalue weighted by atomic mass is 16.6. The molecular weight excluding hydrogens is 218 g/mol. The molecule has 17 heavy (non-hydrogen) atoms. The molecule has 0 aliphatic carbocycles. The van der Waals surface area contributed by atoms with E-state index in [2.05, 4.69) is 6.58 Å². The Bertz CT molecular complexity index is 294. The van der Waals surface area contributed by atoms with Crippen LogP contribution in [0.1, 0.15) is 40.0 Å². The fourth-order valence-electron chi connectivity index (χ4n) is 1.94. The van der Waals surface area contributed by atoms with E-state index in [0.29, 0.717) is 12.3 Å². The van der Waals surface area contributed by atoms with Gasteiger partial charge in [-0.15, -0.1) is 0 Å². The summed E-state index contributed by atoms with van der Waals surface area (Å²) in [7, 11) is 1.59. The van der Waals surface area contributed by atoms with Crippen molar-refractivity contribution in [3.05, 3.63) is 12.3 Å². The molecule has 0 radical (unpaired) electrons. The summed E-state index contributed by atoms with van der Waals surface area (Å²) in [5, 5.41) is 0. The molecule has 0 aromatic heterocycles. The zero-order chi connectivity index (χ0) is 13.1. The number of ether oxygens (including phenoxy) is 2. The second-order valence-electron chi connectivity index (χ2n) is 5.36. The third-order valence-corrected chi connectivity index (χ3v) is 2.76. The number of hydrogen-bond donors (Lipinski definition) is 0. The Morgan fingerprint density at radius 1 is 1.35 bits per heavy atom. The van der Waals surface area contributed by atoms with Crippen LogP contribution in [0.2, 0.25) is 0 Å². The van der Waals surface area contributed by atoms with Gasteiger partial charge in [-0.1, -0.05) is 6.58 Å². The van der Waals surface area contributed by atoms with Gasteiger partial charge in [-0.25, -0.2) is 4.79 Å². The van der Waals surface area contributed by atoms with Crippen molar-refractivity contribution in [1.82, 2.24) is 4.90 Å². The Balaban J connectivity index is 2.71. The molecule has 1 rings (SSSR count). The highest BCUT2D eigenvalue weighted by molar-refractivity contribution is 5.69. The molecule has 0 N–H and O–H groups in total. The van der Waals surface area contributed by atoms with E-state index in [1.807, 2.05) is 20.8 Å². The third-order valence-electron chi connectivity index (χ3n) is 2.76. The summed E-state index contributed by atoms with van der Waals surface area (Å²) in [5.74, 6) is 0.635. The first kappa shape index (κ1) is 13.9. The van der Waals surface area contributed by atoms with E-state index < -0.39 is 5.60 Å². The van der Waals surface area contributed by atoms with Crippen LogP contribution in [-0.4, -0.2) is 36.3 Å². The fraction of sp³-hybridized carbons (Fsp3) is 0.769. The summed E-state index contributed by atoms with van der Waals surface area (Å²) < 4.78 is 10.5. The van der Waals surface area contributed by atoms with Crippen molar-refractivity contribution in [3.63, 3.8) is 0 Å². The lowest BCUT2D eigenvalue weighted by atomic mass is 10.0. The lowest BCUT2D eigenvalue weighted by Crippen LogP contribution is -2.47. The Kier molecular flexibility index (Phi) is 4.43. The molecule has 1 saturated heterocycles. The van der Waals surface area contributed by atoms with E-state index in [1.54, 1.807) is 12.0 Å². The van der Waals surface area contributed by atoms with Crippen LogP contribution >= 0.6 is 0 Å². The molecule has 0 bridgehead atoms. The standard InChI is InChI=1S/C13H23NO3/c1-10(16-5)11-8-6-7-9-14(11)12(15)17-13(2,3)4/h11H,1,6-9H2,2-5H3/t11-/m0/s1. The number of carbonyl (C=O) groups excluding carboxylic acids is 1. The molecule has 1 amide bonds. The van der Waals surface area contributed by atoms with E-state index >= 15 is 0 Å². The van der Waals surface area contributed by atoms with Crippen LogP contribution in [0.4, 0.5) is 4.79 Å². The van der Waals surface area contributed by atoms with Crippen LogP contribution in [-0.2, 0) is 9.47 Å². The average molecular weight is 241 g/mol. The number of carbonyl (C=O) groups is 1. The minimum atomic E-state index is -0.465. The predicted molar refractivity (Wildman–Crippen MR) is 66.7 cm³/mol. The van der Waals surface area contributed by atoms with Gasteiger partial charge >= 0.3 is 6.09 Å². The van der Waals surface area contributed by atoms with Gasteiger partial charge in [-0.3, -0.25) is 4.90 Å². The smallest absolute Gasteiger partial charge is 0.410 e. The van der Waals surface area contributed by atoms with E-state index in [9.17, 15) is 4.79 Å². The molecule has 0 aromatic rings. The molecule has 1 heterocycles. The van der Waals surface area contributed by atoms with Crippen LogP contribution in [0.25, 0.3) is 0 Å². The minimum Gasteiger partial charge on any atom is -0.500 e. The Morgan fingerprint density at radius 3 is 2.53 bits per heavy atom. The van der Waals surface area contributed by atoms with Gasteiger partial charge in [0.25, 0.3) is 0 Å². The topological polar surface area (TPSA) is 38.8 Å². The summed E-state index contributed by atoms with van der Waals surface area (Å²) in [6, 6.07) is -0.0522. The first-order valence-corrected chi connectivity index (χ1v) is 6.07. The number of rotatable bonds is 2. The second kappa shape index (κ2) is 5.43. The highest BCUT2D eigenvalue weighted by Gasteiger charge is 2.32. The van der Waals surface area contributed by atoms with E-state index in [4.69, 9.17) is 9.47 Å². The molecule has 1 aliphatic heterocycles. The van der Waals surface area contributed by atoms with Crippen molar-refractivity contribution in [2.45, 2.75) is 51.7 Å². The fourth-order valence-corrected chi connectivity index (χ4v) is 1.94. The molecule has 0 unspecified atom stereocenters. The zero-order valence-electron chi connectivity index (χ0n) is 11.3. The summed E-state index contributed by atoms with van der Waals surface area (Å²) in [6.45, 7) is 10.2. The maximum atomic E-state index is 12.1. The van der Waals surface area contributed by atoms with E-state index in [1.165, 1.54) is 0 Å².